The van der Waals surface area contributed by atoms with Gasteiger partial charge in [0.1, 0.15) is 7.05 Å². The molecule has 0 amide bonds. The van der Waals surface area contributed by atoms with E-state index in [9.17, 15) is 0 Å². The van der Waals surface area contributed by atoms with Crippen molar-refractivity contribution in [1.29, 1.82) is 0 Å². The van der Waals surface area contributed by atoms with Crippen molar-refractivity contribution in [3.05, 3.63) is 60.2 Å². The first-order valence-corrected chi connectivity index (χ1v) is 7.07. The van der Waals surface area contributed by atoms with Gasteiger partial charge < -0.3 is 24.0 Å². The van der Waals surface area contributed by atoms with Crippen molar-refractivity contribution in [2.75, 3.05) is 0 Å². The first kappa shape index (κ1) is 17.1. The van der Waals surface area contributed by atoms with Gasteiger partial charge in [-0.05, 0) is 30.9 Å². The molecule has 0 N–H and O–H groups in total. The average molecular weight is 382 g/mol. The number of nitrogens with zero attached hydrogens (tertiary/aromatic N) is 2. The Labute approximate surface area is 139 Å². The number of hydrogen-bond acceptors (Lipinski definition) is 1. The molecular weight excluding hydrogens is 359 g/mol. The molecule has 108 valence electrons. The van der Waals surface area contributed by atoms with Crippen LogP contribution in [0, 0.1) is 0 Å². The third-order valence-electron chi connectivity index (χ3n) is 3.84. The summed E-state index contributed by atoms with van der Waals surface area (Å²) >= 11 is 0. The number of aryl methyl sites for hydroxylation is 1. The van der Waals surface area contributed by atoms with Crippen LogP contribution in [0.4, 0.5) is 0 Å². The van der Waals surface area contributed by atoms with Crippen molar-refractivity contribution in [2.45, 2.75) is 38.5 Å². The molecule has 2 aromatic rings. The van der Waals surface area contributed by atoms with E-state index in [1.807, 2.05) is 12.3 Å². The molecule has 0 saturated carbocycles. The van der Waals surface area contributed by atoms with Crippen LogP contribution in [0.15, 0.2) is 48.8 Å². The van der Waals surface area contributed by atoms with E-state index >= 15 is 0 Å². The van der Waals surface area contributed by atoms with Crippen LogP contribution < -0.4 is 28.5 Å². The highest BCUT2D eigenvalue weighted by Gasteiger charge is 2.21. The largest absolute Gasteiger partial charge is 1.00 e. The second-order valence-electron chi connectivity index (χ2n) is 5.23. The molecule has 2 heterocycles. The van der Waals surface area contributed by atoms with E-state index in [1.165, 1.54) is 11.4 Å². The molecule has 0 saturated heterocycles. The van der Waals surface area contributed by atoms with Gasteiger partial charge >= 0.3 is 0 Å². The number of rotatable bonds is 5. The second-order valence-corrected chi connectivity index (χ2v) is 5.23. The van der Waals surface area contributed by atoms with Gasteiger partial charge in [0.05, 0.1) is 0 Å². The van der Waals surface area contributed by atoms with E-state index < -0.39 is 0 Å². The zero-order chi connectivity index (χ0) is 13.7. The number of aromatic nitrogens is 2. The van der Waals surface area contributed by atoms with Crippen LogP contribution in [-0.4, -0.2) is 4.98 Å². The zero-order valence-electron chi connectivity index (χ0n) is 12.5. The maximum absolute atomic E-state index is 4.48. The lowest BCUT2D eigenvalue weighted by Gasteiger charge is -2.17. The van der Waals surface area contributed by atoms with Gasteiger partial charge in [-0.15, -0.1) is 0 Å². The molecule has 0 aliphatic heterocycles. The smallest absolute Gasteiger partial charge is 0.184 e. The van der Waals surface area contributed by atoms with Crippen molar-refractivity contribution in [2.24, 2.45) is 7.05 Å². The number of pyridine rings is 2. The minimum absolute atomic E-state index is 0. The van der Waals surface area contributed by atoms with Gasteiger partial charge in [0.25, 0.3) is 0 Å². The molecular formula is C17H23IN2. The fourth-order valence-electron chi connectivity index (χ4n) is 2.67. The molecule has 0 aliphatic carbocycles. The van der Waals surface area contributed by atoms with Crippen LogP contribution in [-0.2, 0) is 7.05 Å². The highest BCUT2D eigenvalue weighted by molar-refractivity contribution is 5.11. The maximum Gasteiger partial charge on any atom is 0.184 e. The van der Waals surface area contributed by atoms with Crippen LogP contribution in [0.2, 0.25) is 0 Å². The maximum atomic E-state index is 4.48. The van der Waals surface area contributed by atoms with E-state index in [2.05, 4.69) is 67.0 Å². The predicted molar refractivity (Wildman–Crippen MR) is 77.9 cm³/mol. The predicted octanol–water partition coefficient (Wildman–Crippen LogP) is 0.597. The van der Waals surface area contributed by atoms with Crippen LogP contribution in [0.5, 0.6) is 0 Å². The first-order valence-electron chi connectivity index (χ1n) is 7.07. The van der Waals surface area contributed by atoms with Crippen molar-refractivity contribution < 1.29 is 28.5 Å². The Balaban J connectivity index is 0.00000200. The van der Waals surface area contributed by atoms with E-state index in [0.29, 0.717) is 11.8 Å². The van der Waals surface area contributed by atoms with Crippen molar-refractivity contribution in [3.63, 3.8) is 0 Å². The zero-order valence-corrected chi connectivity index (χ0v) is 14.6. The lowest BCUT2D eigenvalue weighted by atomic mass is 9.88. The Morgan fingerprint density at radius 1 is 1.15 bits per heavy atom. The molecule has 20 heavy (non-hydrogen) atoms. The molecule has 0 fully saturated rings. The molecule has 3 heteroatoms. The molecule has 2 rings (SSSR count). The number of hydrogen-bond donors (Lipinski definition) is 0. The van der Waals surface area contributed by atoms with Gasteiger partial charge in [-0.3, -0.25) is 4.98 Å². The summed E-state index contributed by atoms with van der Waals surface area (Å²) in [6.07, 6.45) is 6.32. The summed E-state index contributed by atoms with van der Waals surface area (Å²) in [5.74, 6) is 1.08. The normalized spacial score (nSPS) is 13.3. The SMILES string of the molecule is CCC(CC(C)c1ccccn1)c1cccc[n+]1C.[I-]. The molecule has 0 aliphatic rings. The molecule has 0 aromatic carbocycles. The third kappa shape index (κ3) is 4.27. The highest BCUT2D eigenvalue weighted by Crippen LogP contribution is 2.29. The topological polar surface area (TPSA) is 16.8 Å². The van der Waals surface area contributed by atoms with Crippen LogP contribution >= 0.6 is 0 Å². The van der Waals surface area contributed by atoms with Crippen molar-refractivity contribution in [1.82, 2.24) is 4.98 Å². The monoisotopic (exact) mass is 382 g/mol. The summed E-state index contributed by atoms with van der Waals surface area (Å²) in [6, 6.07) is 12.6. The summed E-state index contributed by atoms with van der Waals surface area (Å²) in [5.41, 5.74) is 2.60. The van der Waals surface area contributed by atoms with Crippen molar-refractivity contribution in [3.8, 4) is 0 Å². The van der Waals surface area contributed by atoms with Gasteiger partial charge in [-0.25, -0.2) is 4.57 Å². The van der Waals surface area contributed by atoms with E-state index in [-0.39, 0.29) is 24.0 Å². The van der Waals surface area contributed by atoms with E-state index in [1.54, 1.807) is 0 Å². The quantitative estimate of drug-likeness (QED) is 0.547. The molecule has 0 bridgehead atoms. The van der Waals surface area contributed by atoms with Crippen molar-refractivity contribution >= 4 is 0 Å². The fraction of sp³-hybridized carbons (Fsp3) is 0.412. The Morgan fingerprint density at radius 3 is 2.50 bits per heavy atom. The summed E-state index contributed by atoms with van der Waals surface area (Å²) in [4.78, 5) is 4.48. The van der Waals surface area contributed by atoms with Gasteiger partial charge in [0.2, 0.25) is 0 Å². The van der Waals surface area contributed by atoms with Gasteiger partial charge in [-0.2, -0.15) is 0 Å². The molecule has 2 nitrogen and oxygen atoms in total. The van der Waals surface area contributed by atoms with Gasteiger partial charge in [0, 0.05) is 29.9 Å². The van der Waals surface area contributed by atoms with Gasteiger partial charge in [0.15, 0.2) is 11.9 Å². The van der Waals surface area contributed by atoms with Crippen LogP contribution in [0.3, 0.4) is 0 Å². The molecule has 2 atom stereocenters. The Morgan fingerprint density at radius 2 is 1.90 bits per heavy atom. The van der Waals surface area contributed by atoms with Crippen LogP contribution in [0.25, 0.3) is 0 Å². The lowest BCUT2D eigenvalue weighted by molar-refractivity contribution is -0.680. The second kappa shape index (κ2) is 8.35. The number of halogens is 1. The summed E-state index contributed by atoms with van der Waals surface area (Å²) in [6.45, 7) is 4.54. The average Bonchev–Trinajstić information content (AvgIpc) is 2.46. The standard InChI is InChI=1S/C17H23N2.HI/c1-4-15(17-10-6-8-12-19(17)3)13-14(2)16-9-5-7-11-18-16;/h5-12,14-15H,4,13H2,1-3H3;1H/q+1;/p-1. The summed E-state index contributed by atoms with van der Waals surface area (Å²) in [5, 5.41) is 0. The fourth-order valence-corrected chi connectivity index (χ4v) is 2.67. The van der Waals surface area contributed by atoms with Crippen LogP contribution in [0.1, 0.15) is 49.9 Å². The molecule has 2 aromatic heterocycles. The lowest BCUT2D eigenvalue weighted by Crippen LogP contribution is -3.00. The Kier molecular flexibility index (Phi) is 7.13. The minimum Gasteiger partial charge on any atom is -1.00 e. The first-order chi connectivity index (χ1) is 9.22. The van der Waals surface area contributed by atoms with E-state index in [0.717, 1.165) is 12.8 Å². The Bertz CT molecular complexity index is 513. The highest BCUT2D eigenvalue weighted by atomic mass is 127. The Hall–Kier alpha value is -0.970. The van der Waals surface area contributed by atoms with E-state index in [4.69, 9.17) is 0 Å². The van der Waals surface area contributed by atoms with Gasteiger partial charge in [-0.1, -0.05) is 26.0 Å². The minimum atomic E-state index is 0. The third-order valence-corrected chi connectivity index (χ3v) is 3.84. The molecule has 0 spiro atoms. The summed E-state index contributed by atoms with van der Waals surface area (Å²) < 4.78 is 2.24. The molecule has 2 unspecified atom stereocenters. The molecule has 0 radical (unpaired) electrons. The summed E-state index contributed by atoms with van der Waals surface area (Å²) in [7, 11) is 2.13.